The Labute approximate surface area is 349 Å². The van der Waals surface area contributed by atoms with Crippen LogP contribution in [0.3, 0.4) is 0 Å². The molecule has 0 amide bonds. The number of para-hydroxylation sites is 8. The van der Waals surface area contributed by atoms with Gasteiger partial charge < -0.3 is 26.6 Å². The fourth-order valence-corrected chi connectivity index (χ4v) is 16.7. The predicted molar refractivity (Wildman–Crippen MR) is 254 cm³/mol. The van der Waals surface area contributed by atoms with Gasteiger partial charge in [0.2, 0.25) is 0 Å². The molecule has 0 fully saturated rings. The van der Waals surface area contributed by atoms with Crippen LogP contribution < -0.4 is 9.13 Å². The SMILES string of the molecule is c1ccc(N2c3ccccc3N(c3ccccc3)[Si]23n2c4ccccc4c4ccc5c(c6c(ccc7c8ccccc8n3c76)n5-c3cccc5c3oc3ccccc35)c42)cc1. The lowest BCUT2D eigenvalue weighted by Crippen LogP contribution is -2.70. The van der Waals surface area contributed by atoms with Gasteiger partial charge in [0.05, 0.1) is 39.1 Å². The van der Waals surface area contributed by atoms with E-state index in [2.05, 4.69) is 222 Å². The van der Waals surface area contributed by atoms with Crippen LogP contribution in [0, 0.1) is 0 Å². The molecule has 61 heavy (non-hydrogen) atoms. The van der Waals surface area contributed by atoms with Crippen LogP contribution in [0.2, 0.25) is 0 Å². The lowest BCUT2D eigenvalue weighted by Gasteiger charge is -2.44. The van der Waals surface area contributed by atoms with Crippen molar-refractivity contribution in [3.63, 3.8) is 0 Å². The van der Waals surface area contributed by atoms with Gasteiger partial charge >= 0.3 is 8.72 Å². The summed E-state index contributed by atoms with van der Waals surface area (Å²) in [4.78, 5) is 0. The van der Waals surface area contributed by atoms with Crippen LogP contribution in [-0.2, 0) is 0 Å². The van der Waals surface area contributed by atoms with Crippen LogP contribution in [0.5, 0.6) is 0 Å². The van der Waals surface area contributed by atoms with Gasteiger partial charge in [0.25, 0.3) is 0 Å². The quantitative estimate of drug-likeness (QED) is 0.167. The van der Waals surface area contributed by atoms with E-state index in [0.717, 1.165) is 50.0 Å². The van der Waals surface area contributed by atoms with Gasteiger partial charge in [-0.3, -0.25) is 0 Å². The minimum Gasteiger partial charge on any atom is -0.454 e. The summed E-state index contributed by atoms with van der Waals surface area (Å²) >= 11 is 0. The molecule has 2 aliphatic heterocycles. The molecular weight excluding hydrogens is 763 g/mol. The molecule has 7 heteroatoms. The van der Waals surface area contributed by atoms with E-state index in [4.69, 9.17) is 4.42 Å². The van der Waals surface area contributed by atoms with Crippen LogP contribution in [0.4, 0.5) is 22.7 Å². The number of anilines is 4. The third kappa shape index (κ3) is 3.68. The maximum Gasteiger partial charge on any atom is 0.521 e. The van der Waals surface area contributed by atoms with Gasteiger partial charge in [0.15, 0.2) is 5.58 Å². The summed E-state index contributed by atoms with van der Waals surface area (Å²) in [6, 6.07) is 73.9. The third-order valence-corrected chi connectivity index (χ3v) is 17.9. The number of nitrogens with zero attached hydrogens (tertiary/aromatic N) is 5. The summed E-state index contributed by atoms with van der Waals surface area (Å²) < 4.78 is 20.4. The highest BCUT2D eigenvalue weighted by Gasteiger charge is 2.63. The number of furan rings is 1. The average molecular weight is 796 g/mol. The van der Waals surface area contributed by atoms with Gasteiger partial charge in [-0.1, -0.05) is 127 Å². The summed E-state index contributed by atoms with van der Waals surface area (Å²) in [6.07, 6.45) is 0. The second-order valence-electron chi connectivity index (χ2n) is 16.4. The summed E-state index contributed by atoms with van der Waals surface area (Å²) in [5, 5.41) is 9.75. The van der Waals surface area contributed by atoms with Crippen molar-refractivity contribution in [2.45, 2.75) is 0 Å². The zero-order valence-corrected chi connectivity index (χ0v) is 33.7. The van der Waals surface area contributed by atoms with Crippen molar-refractivity contribution in [2.24, 2.45) is 0 Å². The molecule has 6 nitrogen and oxygen atoms in total. The van der Waals surface area contributed by atoms with Crippen molar-refractivity contribution in [1.82, 2.24) is 13.0 Å². The molecule has 0 atom stereocenters. The molecule has 0 radical (unpaired) electrons. The lowest BCUT2D eigenvalue weighted by molar-refractivity contribution is 0.666. The molecule has 1 spiro atoms. The fourth-order valence-electron chi connectivity index (χ4n) is 11.4. The largest absolute Gasteiger partial charge is 0.521 e. The highest BCUT2D eigenvalue weighted by atomic mass is 28.4. The van der Waals surface area contributed by atoms with Crippen LogP contribution in [0.1, 0.15) is 0 Å². The molecule has 0 N–H and O–H groups in total. The zero-order chi connectivity index (χ0) is 39.6. The highest BCUT2D eigenvalue weighted by molar-refractivity contribution is 6.91. The Kier molecular flexibility index (Phi) is 5.85. The zero-order valence-electron chi connectivity index (χ0n) is 32.7. The van der Waals surface area contributed by atoms with E-state index in [1.165, 1.54) is 65.8 Å². The van der Waals surface area contributed by atoms with E-state index in [9.17, 15) is 0 Å². The van der Waals surface area contributed by atoms with Crippen molar-refractivity contribution in [1.29, 1.82) is 0 Å². The van der Waals surface area contributed by atoms with Crippen LogP contribution in [0.15, 0.2) is 205 Å². The standard InChI is InChI=1S/C54H33N5OSi/c1-3-16-34(17-4-1)56-44-26-12-13-27-45(44)57(35-18-5-2-6-19-35)61(56)58-42-24-10-7-20-36(42)39-30-32-46-50(52(39)58)51-47(33-31-40-37-21-8-11-25-43(37)59(61)53(40)51)55(46)48-28-15-23-41-38-22-9-14-29-49(38)60-54(41)48/h1-33H. The highest BCUT2D eigenvalue weighted by Crippen LogP contribution is 2.58. The van der Waals surface area contributed by atoms with Gasteiger partial charge in [-0.15, -0.1) is 0 Å². The first kappa shape index (κ1) is 31.9. The fraction of sp³-hybridized carbons (Fsp3) is 0. The smallest absolute Gasteiger partial charge is 0.454 e. The molecule has 0 bridgehead atoms. The molecule has 9 aromatic carbocycles. The third-order valence-electron chi connectivity index (χ3n) is 13.6. The van der Waals surface area contributed by atoms with Gasteiger partial charge in [-0.25, -0.2) is 0 Å². The monoisotopic (exact) mass is 795 g/mol. The van der Waals surface area contributed by atoms with E-state index in [-0.39, 0.29) is 0 Å². The normalized spacial score (nSPS) is 14.3. The minimum absolute atomic E-state index is 0.892. The second kappa shape index (κ2) is 11.2. The molecule has 0 saturated heterocycles. The van der Waals surface area contributed by atoms with Crippen molar-refractivity contribution in [2.75, 3.05) is 9.13 Å². The molecule has 0 saturated carbocycles. The first-order valence-corrected chi connectivity index (χ1v) is 22.7. The number of aromatic nitrogens is 3. The van der Waals surface area contributed by atoms with Crippen LogP contribution in [0.25, 0.3) is 93.0 Å². The van der Waals surface area contributed by atoms with Crippen LogP contribution in [-0.4, -0.2) is 21.8 Å². The predicted octanol–water partition coefficient (Wildman–Crippen LogP) is 14.0. The number of hydrogen-bond acceptors (Lipinski definition) is 3. The van der Waals surface area contributed by atoms with Crippen molar-refractivity contribution in [3.05, 3.63) is 200 Å². The second-order valence-corrected chi connectivity index (χ2v) is 19.4. The summed E-state index contributed by atoms with van der Waals surface area (Å²) in [7, 11) is -3.64. The van der Waals surface area contributed by atoms with E-state index in [0.29, 0.717) is 0 Å². The topological polar surface area (TPSA) is 34.4 Å². The van der Waals surface area contributed by atoms with Crippen molar-refractivity contribution in [3.8, 4) is 5.69 Å². The summed E-state index contributed by atoms with van der Waals surface area (Å²) in [5.74, 6) is 0. The Balaban J connectivity index is 1.25. The molecule has 4 aromatic heterocycles. The van der Waals surface area contributed by atoms with E-state index in [1.807, 2.05) is 0 Å². The Hall–Kier alpha value is -8.00. The van der Waals surface area contributed by atoms with Gasteiger partial charge in [0.1, 0.15) is 5.58 Å². The number of hydrogen-bond donors (Lipinski definition) is 0. The average Bonchev–Trinajstić information content (AvgIpc) is 4.10. The van der Waals surface area contributed by atoms with Crippen molar-refractivity contribution < 1.29 is 4.42 Å². The van der Waals surface area contributed by atoms with Gasteiger partial charge in [-0.2, -0.15) is 0 Å². The summed E-state index contributed by atoms with van der Waals surface area (Å²) in [6.45, 7) is 0. The molecule has 2 aliphatic rings. The Morgan fingerprint density at radius 1 is 0.328 bits per heavy atom. The Morgan fingerprint density at radius 3 is 1.36 bits per heavy atom. The molecule has 6 heterocycles. The van der Waals surface area contributed by atoms with E-state index < -0.39 is 8.72 Å². The summed E-state index contributed by atoms with van der Waals surface area (Å²) in [5.41, 5.74) is 14.8. The number of fused-ring (bicyclic) bond motifs is 12. The van der Waals surface area contributed by atoms with E-state index >= 15 is 0 Å². The molecule has 0 unspecified atom stereocenters. The Bertz CT molecular complexity index is 3820. The molecule has 15 rings (SSSR count). The lowest BCUT2D eigenvalue weighted by atomic mass is 10.1. The number of rotatable bonds is 3. The first-order chi connectivity index (χ1) is 30.3. The molecule has 13 aromatic rings. The minimum atomic E-state index is -3.64. The van der Waals surface area contributed by atoms with Crippen LogP contribution >= 0.6 is 0 Å². The van der Waals surface area contributed by atoms with Gasteiger partial charge in [-0.05, 0) is 72.8 Å². The molecule has 284 valence electrons. The maximum atomic E-state index is 6.81. The Morgan fingerprint density at radius 2 is 0.787 bits per heavy atom. The molecular formula is C54H33N5OSi. The molecule has 0 aliphatic carbocycles. The maximum absolute atomic E-state index is 6.81. The number of benzene rings is 9. The van der Waals surface area contributed by atoms with Gasteiger partial charge in [0, 0.05) is 65.5 Å². The van der Waals surface area contributed by atoms with Crippen molar-refractivity contribution >= 4 is 119 Å². The van der Waals surface area contributed by atoms with E-state index in [1.54, 1.807) is 0 Å². The first-order valence-electron chi connectivity index (χ1n) is 21.0.